The highest BCUT2D eigenvalue weighted by Gasteiger charge is 2.20. The van der Waals surface area contributed by atoms with Crippen LogP contribution in [-0.2, 0) is 17.8 Å². The maximum Gasteiger partial charge on any atom is 0.118 e. The first kappa shape index (κ1) is 13.6. The van der Waals surface area contributed by atoms with Crippen molar-refractivity contribution in [1.29, 1.82) is 0 Å². The lowest BCUT2D eigenvalue weighted by atomic mass is 10.1. The molecule has 0 bridgehead atoms. The van der Waals surface area contributed by atoms with Crippen LogP contribution in [0.4, 0.5) is 0 Å². The molecule has 1 fully saturated rings. The zero-order valence-corrected chi connectivity index (χ0v) is 11.2. The lowest BCUT2D eigenvalue weighted by molar-refractivity contribution is -0.00380. The molecule has 0 amide bonds. The summed E-state index contributed by atoms with van der Waals surface area (Å²) < 4.78 is 11.5. The van der Waals surface area contributed by atoms with Gasteiger partial charge in [0.1, 0.15) is 11.5 Å². The highest BCUT2D eigenvalue weighted by atomic mass is 16.5. The molecule has 1 aliphatic rings. The molecule has 102 valence electrons. The molecule has 0 aliphatic carbocycles. The van der Waals surface area contributed by atoms with Gasteiger partial charge in [-0.2, -0.15) is 0 Å². The Kier molecular flexibility index (Phi) is 5.23. The standard InChI is InChI=1S/C14H24N2O2/c1-2-8-17-13-4-3-7-16(10-13)11-14-6-5-12(9-15)18-14/h5-6,13H,2-4,7-11,15H2,1H3. The van der Waals surface area contributed by atoms with E-state index in [0.29, 0.717) is 12.6 Å². The number of furan rings is 1. The second kappa shape index (κ2) is 6.92. The van der Waals surface area contributed by atoms with Crippen LogP contribution in [0.15, 0.2) is 16.5 Å². The van der Waals surface area contributed by atoms with E-state index in [2.05, 4.69) is 11.8 Å². The molecule has 1 unspecified atom stereocenters. The molecule has 1 aliphatic heterocycles. The van der Waals surface area contributed by atoms with E-state index in [4.69, 9.17) is 14.9 Å². The summed E-state index contributed by atoms with van der Waals surface area (Å²) in [5.74, 6) is 1.87. The molecule has 4 nitrogen and oxygen atoms in total. The van der Waals surface area contributed by atoms with Gasteiger partial charge in [0, 0.05) is 13.2 Å². The van der Waals surface area contributed by atoms with Crippen molar-refractivity contribution in [2.75, 3.05) is 19.7 Å². The van der Waals surface area contributed by atoms with Crippen LogP contribution >= 0.6 is 0 Å². The fraction of sp³-hybridized carbons (Fsp3) is 0.714. The second-order valence-electron chi connectivity index (χ2n) is 4.94. The summed E-state index contributed by atoms with van der Waals surface area (Å²) in [4.78, 5) is 2.41. The van der Waals surface area contributed by atoms with Crippen molar-refractivity contribution in [3.05, 3.63) is 23.7 Å². The third-order valence-corrected chi connectivity index (χ3v) is 3.32. The van der Waals surface area contributed by atoms with E-state index in [9.17, 15) is 0 Å². The summed E-state index contributed by atoms with van der Waals surface area (Å²) in [5, 5.41) is 0. The summed E-state index contributed by atoms with van der Waals surface area (Å²) in [6, 6.07) is 3.99. The Morgan fingerprint density at radius 3 is 3.00 bits per heavy atom. The lowest BCUT2D eigenvalue weighted by Gasteiger charge is -2.31. The minimum absolute atomic E-state index is 0.391. The zero-order chi connectivity index (χ0) is 12.8. The number of nitrogens with zero attached hydrogens (tertiary/aromatic N) is 1. The average molecular weight is 252 g/mol. The SMILES string of the molecule is CCCOC1CCCN(Cc2ccc(CN)o2)C1. The predicted octanol–water partition coefficient (Wildman–Crippen LogP) is 2.13. The van der Waals surface area contributed by atoms with Gasteiger partial charge in [-0.05, 0) is 37.9 Å². The van der Waals surface area contributed by atoms with Crippen LogP contribution in [0.1, 0.15) is 37.7 Å². The Morgan fingerprint density at radius 2 is 2.28 bits per heavy atom. The molecule has 1 aromatic rings. The summed E-state index contributed by atoms with van der Waals surface area (Å²) >= 11 is 0. The Hall–Kier alpha value is -0.840. The van der Waals surface area contributed by atoms with Crippen LogP contribution in [0.3, 0.4) is 0 Å². The molecule has 1 aromatic heterocycles. The van der Waals surface area contributed by atoms with E-state index in [1.807, 2.05) is 12.1 Å². The van der Waals surface area contributed by atoms with Gasteiger partial charge >= 0.3 is 0 Å². The Balaban J connectivity index is 1.81. The molecule has 0 spiro atoms. The topological polar surface area (TPSA) is 51.6 Å². The van der Waals surface area contributed by atoms with Gasteiger partial charge in [0.25, 0.3) is 0 Å². The zero-order valence-electron chi connectivity index (χ0n) is 11.2. The first-order valence-corrected chi connectivity index (χ1v) is 6.93. The Bertz CT molecular complexity index is 351. The minimum atomic E-state index is 0.391. The molecule has 2 heterocycles. The fourth-order valence-corrected chi connectivity index (χ4v) is 2.41. The molecule has 18 heavy (non-hydrogen) atoms. The van der Waals surface area contributed by atoms with Crippen LogP contribution in [0.2, 0.25) is 0 Å². The van der Waals surface area contributed by atoms with E-state index in [-0.39, 0.29) is 0 Å². The maximum atomic E-state index is 5.83. The number of likely N-dealkylation sites (tertiary alicyclic amines) is 1. The summed E-state index contributed by atoms with van der Waals surface area (Å²) in [6.07, 6.45) is 3.87. The molecule has 2 N–H and O–H groups in total. The molecular weight excluding hydrogens is 228 g/mol. The maximum absolute atomic E-state index is 5.83. The molecule has 1 atom stereocenters. The molecule has 1 saturated heterocycles. The number of nitrogens with two attached hydrogens (primary N) is 1. The molecule has 0 saturated carbocycles. The fourth-order valence-electron chi connectivity index (χ4n) is 2.41. The molecule has 2 rings (SSSR count). The van der Waals surface area contributed by atoms with Crippen LogP contribution in [0, 0.1) is 0 Å². The highest BCUT2D eigenvalue weighted by molar-refractivity contribution is 5.06. The van der Waals surface area contributed by atoms with E-state index >= 15 is 0 Å². The second-order valence-corrected chi connectivity index (χ2v) is 4.94. The van der Waals surface area contributed by atoms with Crippen LogP contribution in [-0.4, -0.2) is 30.7 Å². The van der Waals surface area contributed by atoms with Crippen LogP contribution in [0.5, 0.6) is 0 Å². The lowest BCUT2D eigenvalue weighted by Crippen LogP contribution is -2.39. The first-order chi connectivity index (χ1) is 8.81. The van der Waals surface area contributed by atoms with Gasteiger partial charge in [-0.3, -0.25) is 4.90 Å². The van der Waals surface area contributed by atoms with Crippen molar-refractivity contribution in [2.45, 2.75) is 45.4 Å². The van der Waals surface area contributed by atoms with Gasteiger partial charge in [-0.15, -0.1) is 0 Å². The summed E-state index contributed by atoms with van der Waals surface area (Å²) in [5.41, 5.74) is 5.55. The van der Waals surface area contributed by atoms with Crippen molar-refractivity contribution < 1.29 is 9.15 Å². The van der Waals surface area contributed by atoms with Gasteiger partial charge < -0.3 is 14.9 Å². The third-order valence-electron chi connectivity index (χ3n) is 3.32. The smallest absolute Gasteiger partial charge is 0.118 e. The number of hydrogen-bond donors (Lipinski definition) is 1. The number of piperidine rings is 1. The summed E-state index contributed by atoms with van der Waals surface area (Å²) in [6.45, 7) is 6.51. The van der Waals surface area contributed by atoms with Crippen LogP contribution < -0.4 is 5.73 Å². The van der Waals surface area contributed by atoms with Gasteiger partial charge in [0.2, 0.25) is 0 Å². The summed E-state index contributed by atoms with van der Waals surface area (Å²) in [7, 11) is 0. The number of rotatable bonds is 6. The largest absolute Gasteiger partial charge is 0.463 e. The Labute approximate surface area is 109 Å². The average Bonchev–Trinajstić information content (AvgIpc) is 2.84. The van der Waals surface area contributed by atoms with Crippen molar-refractivity contribution in [1.82, 2.24) is 4.90 Å². The van der Waals surface area contributed by atoms with Crippen molar-refractivity contribution in [3.8, 4) is 0 Å². The predicted molar refractivity (Wildman–Crippen MR) is 71.1 cm³/mol. The van der Waals surface area contributed by atoms with E-state index in [0.717, 1.165) is 44.2 Å². The molecular formula is C14H24N2O2. The number of hydrogen-bond acceptors (Lipinski definition) is 4. The van der Waals surface area contributed by atoms with E-state index in [1.54, 1.807) is 0 Å². The first-order valence-electron chi connectivity index (χ1n) is 6.93. The van der Waals surface area contributed by atoms with Crippen molar-refractivity contribution in [3.63, 3.8) is 0 Å². The van der Waals surface area contributed by atoms with Crippen molar-refractivity contribution >= 4 is 0 Å². The van der Waals surface area contributed by atoms with Gasteiger partial charge in [0.15, 0.2) is 0 Å². The molecule has 0 radical (unpaired) electrons. The minimum Gasteiger partial charge on any atom is -0.463 e. The Morgan fingerprint density at radius 1 is 1.44 bits per heavy atom. The highest BCUT2D eigenvalue weighted by Crippen LogP contribution is 2.17. The van der Waals surface area contributed by atoms with E-state index < -0.39 is 0 Å². The van der Waals surface area contributed by atoms with Crippen LogP contribution in [0.25, 0.3) is 0 Å². The molecule has 4 heteroatoms. The van der Waals surface area contributed by atoms with E-state index in [1.165, 1.54) is 12.8 Å². The van der Waals surface area contributed by atoms with Gasteiger partial charge in [-0.1, -0.05) is 6.92 Å². The monoisotopic (exact) mass is 252 g/mol. The quantitative estimate of drug-likeness (QED) is 0.842. The third kappa shape index (κ3) is 3.83. The van der Waals surface area contributed by atoms with Crippen molar-refractivity contribution in [2.24, 2.45) is 5.73 Å². The van der Waals surface area contributed by atoms with Gasteiger partial charge in [0.05, 0.1) is 19.2 Å². The normalized spacial score (nSPS) is 21.3. The van der Waals surface area contributed by atoms with Gasteiger partial charge in [-0.25, -0.2) is 0 Å². The number of ether oxygens (including phenoxy) is 1. The molecule has 0 aromatic carbocycles.